The second-order valence-corrected chi connectivity index (χ2v) is 18.5. The minimum atomic E-state index is -0.347. The third-order valence-electron chi connectivity index (χ3n) is 14.7. The Hall–Kier alpha value is -8.78. The van der Waals surface area contributed by atoms with E-state index in [9.17, 15) is 0 Å². The maximum Gasteiger partial charge on any atom is 0.0540 e. The van der Waals surface area contributed by atoms with Crippen LogP contribution in [-0.2, 0) is 5.41 Å². The summed E-state index contributed by atoms with van der Waals surface area (Å²) in [4.78, 5) is 2.48. The van der Waals surface area contributed by atoms with Crippen molar-refractivity contribution in [3.8, 4) is 55.6 Å². The Morgan fingerprint density at radius 2 is 0.826 bits per heavy atom. The maximum atomic E-state index is 2.48. The molecule has 69 heavy (non-hydrogen) atoms. The summed E-state index contributed by atoms with van der Waals surface area (Å²) in [6, 6.07) is 98.5. The molecule has 0 spiro atoms. The molecule has 0 radical (unpaired) electrons. The Balaban J connectivity index is 1.04. The highest BCUT2D eigenvalue weighted by atomic mass is 15.1. The van der Waals surface area contributed by atoms with Crippen molar-refractivity contribution >= 4 is 49.4 Å². The molecule has 0 heterocycles. The first-order valence-corrected chi connectivity index (χ1v) is 24.0. The van der Waals surface area contributed by atoms with E-state index in [-0.39, 0.29) is 5.41 Å². The third kappa shape index (κ3) is 6.69. The minimum Gasteiger partial charge on any atom is -0.310 e. The average molecular weight is 878 g/mol. The van der Waals surface area contributed by atoms with Crippen molar-refractivity contribution in [1.29, 1.82) is 0 Å². The van der Waals surface area contributed by atoms with Gasteiger partial charge in [0.1, 0.15) is 0 Å². The van der Waals surface area contributed by atoms with Crippen molar-refractivity contribution < 1.29 is 0 Å². The quantitative estimate of drug-likeness (QED) is 0.138. The van der Waals surface area contributed by atoms with Gasteiger partial charge in [0.25, 0.3) is 0 Å². The van der Waals surface area contributed by atoms with Gasteiger partial charge in [-0.2, -0.15) is 0 Å². The molecule has 1 unspecified atom stereocenters. The molecule has 0 N–H and O–H groups in total. The maximum absolute atomic E-state index is 2.48. The van der Waals surface area contributed by atoms with Gasteiger partial charge in [0.15, 0.2) is 0 Å². The lowest BCUT2D eigenvalue weighted by Gasteiger charge is -2.31. The summed E-state index contributed by atoms with van der Waals surface area (Å²) < 4.78 is 0. The summed E-state index contributed by atoms with van der Waals surface area (Å²) in [6.07, 6.45) is 0. The highest BCUT2D eigenvalue weighted by Crippen LogP contribution is 2.55. The second-order valence-electron chi connectivity index (χ2n) is 18.5. The Morgan fingerprint density at radius 1 is 0.290 bits per heavy atom. The summed E-state index contributed by atoms with van der Waals surface area (Å²) in [5.41, 5.74) is 19.1. The zero-order valence-electron chi connectivity index (χ0n) is 38.4. The number of hydrogen-bond acceptors (Lipinski definition) is 1. The lowest BCUT2D eigenvalue weighted by molar-refractivity contribution is 0.714. The van der Waals surface area contributed by atoms with Gasteiger partial charge < -0.3 is 4.90 Å². The molecule has 1 nitrogen and oxygen atoms in total. The number of rotatable bonds is 8. The fourth-order valence-corrected chi connectivity index (χ4v) is 11.4. The van der Waals surface area contributed by atoms with Crippen molar-refractivity contribution in [2.45, 2.75) is 12.3 Å². The molecule has 0 bridgehead atoms. The van der Waals surface area contributed by atoms with E-state index < -0.39 is 0 Å². The first-order valence-electron chi connectivity index (χ1n) is 24.0. The molecule has 0 fully saturated rings. The fourth-order valence-electron chi connectivity index (χ4n) is 11.4. The van der Waals surface area contributed by atoms with E-state index in [4.69, 9.17) is 0 Å². The second kappa shape index (κ2) is 16.5. The van der Waals surface area contributed by atoms with Crippen LogP contribution in [0.1, 0.15) is 23.6 Å². The normalized spacial score (nSPS) is 13.9. The highest BCUT2D eigenvalue weighted by Gasteiger charge is 2.41. The van der Waals surface area contributed by atoms with Gasteiger partial charge in [-0.1, -0.05) is 224 Å². The predicted molar refractivity (Wildman–Crippen MR) is 293 cm³/mol. The summed E-state index contributed by atoms with van der Waals surface area (Å²) >= 11 is 0. The summed E-state index contributed by atoms with van der Waals surface area (Å²) in [5.74, 6) is 0. The average Bonchev–Trinajstić information content (AvgIpc) is 3.69. The van der Waals surface area contributed by atoms with E-state index in [0.29, 0.717) is 0 Å². The Labute approximate surface area is 403 Å². The lowest BCUT2D eigenvalue weighted by atomic mass is 9.74. The van der Waals surface area contributed by atoms with Gasteiger partial charge in [-0.3, -0.25) is 0 Å². The molecule has 1 atom stereocenters. The van der Waals surface area contributed by atoms with Crippen molar-refractivity contribution in [3.63, 3.8) is 0 Å². The molecule has 1 aliphatic rings. The lowest BCUT2D eigenvalue weighted by Crippen LogP contribution is -2.22. The SMILES string of the molecule is CC1(c2ccccc2)c2ccccc2-c2ccc(N(c3ccc(-c4ccc5ccccc5c4)cc3)c3ccccc3-c3ccc4c(c3)c(-c3ccccc3)c(-c3ccccc3)c3ccccc34)cc21. The van der Waals surface area contributed by atoms with Crippen molar-refractivity contribution in [3.05, 3.63) is 284 Å². The van der Waals surface area contributed by atoms with Crippen molar-refractivity contribution in [2.24, 2.45) is 0 Å². The Kier molecular flexibility index (Phi) is 9.70. The molecule has 0 aliphatic heterocycles. The van der Waals surface area contributed by atoms with Crippen LogP contribution in [0, 0.1) is 0 Å². The van der Waals surface area contributed by atoms with Gasteiger partial charge in [-0.05, 0) is 148 Å². The molecular formula is C68H47N. The molecule has 1 heteroatoms. The molecule has 0 amide bonds. The van der Waals surface area contributed by atoms with Gasteiger partial charge in [-0.15, -0.1) is 0 Å². The first kappa shape index (κ1) is 40.5. The first-order chi connectivity index (χ1) is 34.1. The van der Waals surface area contributed by atoms with E-state index in [1.165, 1.54) is 93.5 Å². The smallest absolute Gasteiger partial charge is 0.0540 e. The molecule has 0 saturated heterocycles. The van der Waals surface area contributed by atoms with Crippen molar-refractivity contribution in [2.75, 3.05) is 4.90 Å². The van der Waals surface area contributed by atoms with Gasteiger partial charge in [0.05, 0.1) is 5.69 Å². The number of benzene rings is 12. The Morgan fingerprint density at radius 3 is 1.58 bits per heavy atom. The summed E-state index contributed by atoms with van der Waals surface area (Å²) in [6.45, 7) is 2.40. The van der Waals surface area contributed by atoms with Crippen LogP contribution in [0.2, 0.25) is 0 Å². The standard InChI is InChI=1S/C68H47N/c1-68(53-25-9-4-10-26-53)63-31-17-15-29-59(63)60-42-40-55(45-64(60)68)69(54-38-35-47(36-39-54)51-34-33-46-19-11-12-24-50(46)43-51)65-32-18-16-27-56(65)52-37-41-58-57-28-13-14-30-61(57)66(48-20-5-2-6-21-48)67(62(58)44-52)49-22-7-3-8-23-49/h2-45H,1H3. The molecular weight excluding hydrogens is 831 g/mol. The Bertz CT molecular complexity index is 3890. The third-order valence-corrected chi connectivity index (χ3v) is 14.7. The molecule has 324 valence electrons. The van der Waals surface area contributed by atoms with Gasteiger partial charge in [0, 0.05) is 22.4 Å². The zero-order valence-corrected chi connectivity index (χ0v) is 38.4. The topological polar surface area (TPSA) is 3.24 Å². The van der Waals surface area contributed by atoms with Crippen LogP contribution in [0.3, 0.4) is 0 Å². The van der Waals surface area contributed by atoms with E-state index >= 15 is 0 Å². The minimum absolute atomic E-state index is 0.347. The predicted octanol–water partition coefficient (Wildman–Crippen LogP) is 18.6. The molecule has 12 aromatic rings. The molecule has 13 rings (SSSR count). The largest absolute Gasteiger partial charge is 0.310 e. The van der Waals surface area contributed by atoms with E-state index in [2.05, 4.69) is 279 Å². The molecule has 0 aromatic heterocycles. The van der Waals surface area contributed by atoms with Crippen LogP contribution in [0.25, 0.3) is 88.0 Å². The number of hydrogen-bond donors (Lipinski definition) is 0. The van der Waals surface area contributed by atoms with Gasteiger partial charge in [-0.25, -0.2) is 0 Å². The number of anilines is 3. The van der Waals surface area contributed by atoms with Crippen LogP contribution in [0.5, 0.6) is 0 Å². The van der Waals surface area contributed by atoms with Crippen LogP contribution < -0.4 is 4.90 Å². The monoisotopic (exact) mass is 877 g/mol. The highest BCUT2D eigenvalue weighted by molar-refractivity contribution is 6.22. The summed E-state index contributed by atoms with van der Waals surface area (Å²) in [7, 11) is 0. The van der Waals surface area contributed by atoms with Gasteiger partial charge in [0.2, 0.25) is 0 Å². The molecule has 1 aliphatic carbocycles. The fraction of sp³-hybridized carbons (Fsp3) is 0.0294. The van der Waals surface area contributed by atoms with Crippen LogP contribution >= 0.6 is 0 Å². The van der Waals surface area contributed by atoms with E-state index in [0.717, 1.165) is 28.2 Å². The number of para-hydroxylation sites is 1. The molecule has 0 saturated carbocycles. The number of nitrogens with zero attached hydrogens (tertiary/aromatic N) is 1. The van der Waals surface area contributed by atoms with E-state index in [1.54, 1.807) is 0 Å². The van der Waals surface area contributed by atoms with Crippen LogP contribution in [-0.4, -0.2) is 0 Å². The van der Waals surface area contributed by atoms with Crippen LogP contribution in [0.4, 0.5) is 17.1 Å². The molecule has 12 aromatic carbocycles. The van der Waals surface area contributed by atoms with E-state index in [1.807, 2.05) is 0 Å². The number of fused-ring (bicyclic) bond motifs is 7. The zero-order chi connectivity index (χ0) is 45.9. The van der Waals surface area contributed by atoms with Crippen molar-refractivity contribution in [1.82, 2.24) is 0 Å². The van der Waals surface area contributed by atoms with Crippen LogP contribution in [0.15, 0.2) is 267 Å². The summed E-state index contributed by atoms with van der Waals surface area (Å²) in [5, 5.41) is 7.46. The van der Waals surface area contributed by atoms with Gasteiger partial charge >= 0.3 is 0 Å².